The molecule has 1 aromatic carbocycles. The molecular formula is C28H44N4O5. The van der Waals surface area contributed by atoms with E-state index in [2.05, 4.69) is 17.2 Å². The van der Waals surface area contributed by atoms with Gasteiger partial charge < -0.3 is 26.0 Å². The van der Waals surface area contributed by atoms with Crippen LogP contribution in [0.15, 0.2) is 36.9 Å². The smallest absolute Gasteiger partial charge is 0.408 e. The summed E-state index contributed by atoms with van der Waals surface area (Å²) in [5, 5.41) is 5.58. The van der Waals surface area contributed by atoms with Crippen molar-refractivity contribution in [3.63, 3.8) is 0 Å². The highest BCUT2D eigenvalue weighted by Gasteiger charge is 2.36. The van der Waals surface area contributed by atoms with Crippen molar-refractivity contribution in [1.29, 1.82) is 0 Å². The van der Waals surface area contributed by atoms with Gasteiger partial charge in [0, 0.05) is 19.0 Å². The number of nitrogens with one attached hydrogen (secondary N) is 2. The number of nitrogens with zero attached hydrogens (tertiary/aromatic N) is 1. The van der Waals surface area contributed by atoms with Crippen molar-refractivity contribution < 1.29 is 23.9 Å². The summed E-state index contributed by atoms with van der Waals surface area (Å²) >= 11 is 0. The van der Waals surface area contributed by atoms with Gasteiger partial charge >= 0.3 is 6.09 Å². The third-order valence-electron chi connectivity index (χ3n) is 5.65. The number of hydrogen-bond donors (Lipinski definition) is 3. The summed E-state index contributed by atoms with van der Waals surface area (Å²) in [7, 11) is 0. The van der Waals surface area contributed by atoms with Gasteiger partial charge in [-0.3, -0.25) is 14.4 Å². The van der Waals surface area contributed by atoms with Crippen molar-refractivity contribution in [1.82, 2.24) is 15.5 Å². The number of ether oxygens (including phenoxy) is 1. The highest BCUT2D eigenvalue weighted by Crippen LogP contribution is 2.24. The molecule has 0 aliphatic heterocycles. The summed E-state index contributed by atoms with van der Waals surface area (Å²) < 4.78 is 5.33. The second-order valence-corrected chi connectivity index (χ2v) is 10.2. The van der Waals surface area contributed by atoms with Crippen LogP contribution in [0.5, 0.6) is 0 Å². The molecule has 9 nitrogen and oxygen atoms in total. The van der Waals surface area contributed by atoms with Gasteiger partial charge in [-0.2, -0.15) is 0 Å². The standard InChI is InChI=1S/C28H44N4O5/c1-8-11-19(4)30-25(34)24(21-14-12-20(10-3)13-15-21)32(18-9-2)26(35)22(16-17-23(29)33)31-27(36)37-28(5,6)7/h9,12-15,19,22,24H,2,8,10-11,16-18H2,1,3-7H3,(H2,29,33)(H,30,34)(H,31,36). The van der Waals surface area contributed by atoms with Gasteiger partial charge in [-0.05, 0) is 58.1 Å². The fraction of sp³-hybridized carbons (Fsp3) is 0.571. The number of carbonyl (C=O) groups excluding carboxylic acids is 4. The van der Waals surface area contributed by atoms with Gasteiger partial charge in [-0.25, -0.2) is 4.79 Å². The SMILES string of the molecule is C=CCN(C(=O)C(CCC(N)=O)NC(=O)OC(C)(C)C)C(C(=O)NC(C)CCC)c1ccc(CC)cc1. The minimum Gasteiger partial charge on any atom is -0.444 e. The summed E-state index contributed by atoms with van der Waals surface area (Å²) in [6.07, 6.45) is 3.03. The minimum absolute atomic E-state index is 0.0394. The molecule has 0 bridgehead atoms. The zero-order valence-corrected chi connectivity index (χ0v) is 23.1. The Bertz CT molecular complexity index is 923. The molecule has 0 spiro atoms. The molecule has 4 N–H and O–H groups in total. The van der Waals surface area contributed by atoms with Crippen LogP contribution in [0.4, 0.5) is 4.79 Å². The van der Waals surface area contributed by atoms with Gasteiger partial charge in [0.15, 0.2) is 0 Å². The van der Waals surface area contributed by atoms with Gasteiger partial charge in [0.1, 0.15) is 17.7 Å². The fourth-order valence-electron chi connectivity index (χ4n) is 3.89. The predicted molar refractivity (Wildman–Crippen MR) is 145 cm³/mol. The van der Waals surface area contributed by atoms with E-state index in [0.717, 1.165) is 24.8 Å². The number of benzene rings is 1. The van der Waals surface area contributed by atoms with E-state index in [-0.39, 0.29) is 31.3 Å². The number of rotatable bonds is 14. The molecule has 1 aromatic rings. The lowest BCUT2D eigenvalue weighted by molar-refractivity contribution is -0.142. The molecule has 0 saturated heterocycles. The van der Waals surface area contributed by atoms with E-state index in [0.29, 0.717) is 5.56 Å². The van der Waals surface area contributed by atoms with E-state index < -0.39 is 35.6 Å². The molecule has 0 heterocycles. The van der Waals surface area contributed by atoms with Crippen LogP contribution in [0.3, 0.4) is 0 Å². The van der Waals surface area contributed by atoms with Crippen LogP contribution in [-0.2, 0) is 25.5 Å². The Kier molecular flexibility index (Phi) is 12.9. The number of primary amides is 1. The molecule has 1 rings (SSSR count). The van der Waals surface area contributed by atoms with Gasteiger partial charge in [-0.15, -0.1) is 6.58 Å². The third-order valence-corrected chi connectivity index (χ3v) is 5.65. The lowest BCUT2D eigenvalue weighted by Crippen LogP contribution is -2.53. The third kappa shape index (κ3) is 11.1. The lowest BCUT2D eigenvalue weighted by Gasteiger charge is -2.34. The average Bonchev–Trinajstić information content (AvgIpc) is 2.80. The van der Waals surface area contributed by atoms with Crippen LogP contribution in [-0.4, -0.2) is 52.9 Å². The summed E-state index contributed by atoms with van der Waals surface area (Å²) in [6, 6.07) is 5.29. The Hall–Kier alpha value is -3.36. The normalized spacial score (nSPS) is 13.6. The van der Waals surface area contributed by atoms with Crippen LogP contribution in [0, 0.1) is 0 Å². The van der Waals surface area contributed by atoms with Crippen molar-refractivity contribution in [3.8, 4) is 0 Å². The predicted octanol–water partition coefficient (Wildman–Crippen LogP) is 3.77. The second-order valence-electron chi connectivity index (χ2n) is 10.2. The lowest BCUT2D eigenvalue weighted by atomic mass is 9.99. The van der Waals surface area contributed by atoms with Gasteiger partial charge in [0.05, 0.1) is 0 Å². The highest BCUT2D eigenvalue weighted by atomic mass is 16.6. The van der Waals surface area contributed by atoms with Crippen molar-refractivity contribution in [2.24, 2.45) is 5.73 Å². The van der Waals surface area contributed by atoms with E-state index in [1.807, 2.05) is 45.0 Å². The molecule has 3 unspecified atom stereocenters. The summed E-state index contributed by atoms with van der Waals surface area (Å²) in [4.78, 5) is 52.9. The molecule has 37 heavy (non-hydrogen) atoms. The Labute approximate surface area is 221 Å². The molecule has 4 amide bonds. The quantitative estimate of drug-likeness (QED) is 0.324. The first kappa shape index (κ1) is 31.7. The average molecular weight is 517 g/mol. The van der Waals surface area contributed by atoms with Gasteiger partial charge in [0.2, 0.25) is 17.7 Å². The number of hydrogen-bond acceptors (Lipinski definition) is 5. The van der Waals surface area contributed by atoms with E-state index in [9.17, 15) is 19.2 Å². The van der Waals surface area contributed by atoms with Crippen molar-refractivity contribution in [2.45, 2.75) is 97.4 Å². The molecule has 0 aliphatic rings. The molecule has 0 aliphatic carbocycles. The molecule has 0 aromatic heterocycles. The van der Waals surface area contributed by atoms with E-state index in [1.54, 1.807) is 20.8 Å². The van der Waals surface area contributed by atoms with Crippen molar-refractivity contribution >= 4 is 23.8 Å². The topological polar surface area (TPSA) is 131 Å². The van der Waals surface area contributed by atoms with E-state index in [1.165, 1.54) is 11.0 Å². The summed E-state index contributed by atoms with van der Waals surface area (Å²) in [5.41, 5.74) is 6.26. The number of nitrogens with two attached hydrogens (primary N) is 1. The van der Waals surface area contributed by atoms with Crippen molar-refractivity contribution in [2.75, 3.05) is 6.54 Å². The van der Waals surface area contributed by atoms with Crippen LogP contribution in [0.1, 0.15) is 84.4 Å². The van der Waals surface area contributed by atoms with E-state index >= 15 is 0 Å². The Morgan fingerprint density at radius 3 is 2.19 bits per heavy atom. The maximum absolute atomic E-state index is 13.9. The molecule has 0 fully saturated rings. The number of carbonyl (C=O) groups is 4. The number of amides is 4. The first-order valence-electron chi connectivity index (χ1n) is 12.9. The minimum atomic E-state index is -1.14. The summed E-state index contributed by atoms with van der Waals surface area (Å²) in [6.45, 7) is 14.9. The van der Waals surface area contributed by atoms with Crippen LogP contribution < -0.4 is 16.4 Å². The van der Waals surface area contributed by atoms with Crippen LogP contribution >= 0.6 is 0 Å². The van der Waals surface area contributed by atoms with Gasteiger partial charge in [0.25, 0.3) is 0 Å². The zero-order chi connectivity index (χ0) is 28.2. The highest BCUT2D eigenvalue weighted by molar-refractivity contribution is 5.92. The fourth-order valence-corrected chi connectivity index (χ4v) is 3.89. The maximum atomic E-state index is 13.9. The Morgan fingerprint density at radius 1 is 1.08 bits per heavy atom. The van der Waals surface area contributed by atoms with Crippen LogP contribution in [0.25, 0.3) is 0 Å². The monoisotopic (exact) mass is 516 g/mol. The first-order chi connectivity index (χ1) is 17.3. The molecule has 0 radical (unpaired) electrons. The molecule has 9 heteroatoms. The Balaban J connectivity index is 3.46. The van der Waals surface area contributed by atoms with Crippen molar-refractivity contribution in [3.05, 3.63) is 48.0 Å². The zero-order valence-electron chi connectivity index (χ0n) is 23.1. The number of aryl methyl sites for hydroxylation is 1. The number of alkyl carbamates (subject to hydrolysis) is 1. The Morgan fingerprint density at radius 2 is 1.70 bits per heavy atom. The van der Waals surface area contributed by atoms with Gasteiger partial charge in [-0.1, -0.05) is 50.6 Å². The largest absolute Gasteiger partial charge is 0.444 e. The molecular weight excluding hydrogens is 472 g/mol. The molecule has 3 atom stereocenters. The molecule has 206 valence electrons. The second kappa shape index (κ2) is 15.0. The maximum Gasteiger partial charge on any atom is 0.408 e. The first-order valence-corrected chi connectivity index (χ1v) is 12.9. The molecule has 0 saturated carbocycles. The van der Waals surface area contributed by atoms with E-state index in [4.69, 9.17) is 10.5 Å². The summed E-state index contributed by atoms with van der Waals surface area (Å²) in [5.74, 6) is -1.50. The van der Waals surface area contributed by atoms with Crippen LogP contribution in [0.2, 0.25) is 0 Å².